The topological polar surface area (TPSA) is 29.0 Å². The van der Waals surface area contributed by atoms with Crippen molar-refractivity contribution in [3.8, 4) is 44.8 Å². The molecule has 0 unspecified atom stereocenters. The Morgan fingerprint density at radius 1 is 0.327 bits per heavy atom. The first kappa shape index (κ1) is 32.3. The minimum Gasteiger partial charge on any atom is -0.310 e. The number of nitrogens with zero attached hydrogens (tertiary/aromatic N) is 3. The fraction of sp³-hybridized carbons (Fsp3) is 0. The quantitative estimate of drug-likeness (QED) is 0.155. The van der Waals surface area contributed by atoms with Gasteiger partial charge in [0.15, 0.2) is 0 Å². The summed E-state index contributed by atoms with van der Waals surface area (Å²) in [6, 6.07) is 75.1. The Morgan fingerprint density at radius 2 is 0.855 bits per heavy atom. The average molecular weight is 702 g/mol. The first-order chi connectivity index (χ1) is 27.3. The van der Waals surface area contributed by atoms with Crippen molar-refractivity contribution in [1.82, 2.24) is 9.97 Å². The molecule has 3 heteroatoms. The maximum Gasteiger partial charge on any atom is 0.0973 e. The molecule has 1 heterocycles. The molecule has 3 nitrogen and oxygen atoms in total. The van der Waals surface area contributed by atoms with Gasteiger partial charge in [0, 0.05) is 33.3 Å². The Hall–Kier alpha value is -7.36. The lowest BCUT2D eigenvalue weighted by Crippen LogP contribution is -2.10. The zero-order valence-corrected chi connectivity index (χ0v) is 30.0. The summed E-state index contributed by atoms with van der Waals surface area (Å²) in [7, 11) is 0. The molecule has 0 saturated heterocycles. The standard InChI is InChI=1S/C52H35N3/c1-5-15-36(16-6-1)37-25-29-43(30-26-37)55(42-21-11-4-12-22-42)49-34-32-44(46-23-13-14-24-47(46)49)40-27-31-45-41(35-40)28-33-48-52(45)54-51(39-19-9-3-10-20-39)50(53-48)38-17-7-2-8-18-38/h1-35H. The third kappa shape index (κ3) is 5.98. The summed E-state index contributed by atoms with van der Waals surface area (Å²) in [5.74, 6) is 0. The maximum atomic E-state index is 5.35. The summed E-state index contributed by atoms with van der Waals surface area (Å²) in [6.07, 6.45) is 0. The van der Waals surface area contributed by atoms with Crippen molar-refractivity contribution < 1.29 is 0 Å². The molecule has 0 fully saturated rings. The van der Waals surface area contributed by atoms with Crippen LogP contribution in [0.15, 0.2) is 212 Å². The minimum atomic E-state index is 0.881. The zero-order chi connectivity index (χ0) is 36.6. The number of rotatable bonds is 7. The summed E-state index contributed by atoms with van der Waals surface area (Å²) in [4.78, 5) is 12.9. The van der Waals surface area contributed by atoms with E-state index in [0.717, 1.165) is 66.9 Å². The highest BCUT2D eigenvalue weighted by Gasteiger charge is 2.19. The monoisotopic (exact) mass is 701 g/mol. The molecule has 0 aliphatic rings. The summed E-state index contributed by atoms with van der Waals surface area (Å²) in [5.41, 5.74) is 13.7. The summed E-state index contributed by atoms with van der Waals surface area (Å²) in [5, 5.41) is 4.59. The molecule has 55 heavy (non-hydrogen) atoms. The summed E-state index contributed by atoms with van der Waals surface area (Å²) >= 11 is 0. The Bertz CT molecular complexity index is 2940. The molecule has 0 aliphatic heterocycles. The van der Waals surface area contributed by atoms with Gasteiger partial charge in [-0.05, 0) is 75.5 Å². The van der Waals surface area contributed by atoms with E-state index in [1.165, 1.54) is 27.5 Å². The van der Waals surface area contributed by atoms with E-state index >= 15 is 0 Å². The second-order valence-corrected chi connectivity index (χ2v) is 13.8. The van der Waals surface area contributed by atoms with Crippen LogP contribution in [0.3, 0.4) is 0 Å². The van der Waals surface area contributed by atoms with Crippen LogP contribution in [0.2, 0.25) is 0 Å². The third-order valence-corrected chi connectivity index (χ3v) is 10.4. The molecule has 0 aliphatic carbocycles. The number of fused-ring (bicyclic) bond motifs is 4. The van der Waals surface area contributed by atoms with Gasteiger partial charge in [-0.15, -0.1) is 0 Å². The van der Waals surface area contributed by atoms with E-state index in [2.05, 4.69) is 205 Å². The van der Waals surface area contributed by atoms with Crippen molar-refractivity contribution in [2.24, 2.45) is 0 Å². The van der Waals surface area contributed by atoms with Crippen LogP contribution >= 0.6 is 0 Å². The Labute approximate surface area is 320 Å². The van der Waals surface area contributed by atoms with E-state index in [0.29, 0.717) is 0 Å². The van der Waals surface area contributed by atoms with Gasteiger partial charge in [0.2, 0.25) is 0 Å². The van der Waals surface area contributed by atoms with Gasteiger partial charge in [0.05, 0.1) is 28.1 Å². The molecule has 0 bridgehead atoms. The van der Waals surface area contributed by atoms with Crippen LogP contribution in [-0.4, -0.2) is 9.97 Å². The van der Waals surface area contributed by atoms with Gasteiger partial charge in [-0.3, -0.25) is 0 Å². The maximum absolute atomic E-state index is 5.35. The molecule has 10 rings (SSSR count). The lowest BCUT2D eigenvalue weighted by atomic mass is 9.94. The average Bonchev–Trinajstić information content (AvgIpc) is 3.27. The number of para-hydroxylation sites is 1. The molecule has 0 amide bonds. The molecule has 1 aromatic heterocycles. The summed E-state index contributed by atoms with van der Waals surface area (Å²) in [6.45, 7) is 0. The zero-order valence-electron chi connectivity index (χ0n) is 30.0. The van der Waals surface area contributed by atoms with E-state index in [1.807, 2.05) is 12.1 Å². The van der Waals surface area contributed by atoms with Gasteiger partial charge >= 0.3 is 0 Å². The second-order valence-electron chi connectivity index (χ2n) is 13.8. The minimum absolute atomic E-state index is 0.881. The summed E-state index contributed by atoms with van der Waals surface area (Å²) < 4.78 is 0. The number of benzene rings is 9. The Balaban J connectivity index is 1.09. The fourth-order valence-electron chi connectivity index (χ4n) is 7.78. The van der Waals surface area contributed by atoms with Crippen molar-refractivity contribution in [1.29, 1.82) is 0 Å². The molecule has 10 aromatic rings. The second kappa shape index (κ2) is 13.9. The van der Waals surface area contributed by atoms with Crippen molar-refractivity contribution in [3.05, 3.63) is 212 Å². The van der Waals surface area contributed by atoms with Crippen molar-refractivity contribution >= 4 is 49.6 Å². The molecule has 0 N–H and O–H groups in total. The van der Waals surface area contributed by atoms with Crippen LogP contribution < -0.4 is 4.90 Å². The van der Waals surface area contributed by atoms with Crippen LogP contribution in [0.1, 0.15) is 0 Å². The Kier molecular flexibility index (Phi) is 8.16. The first-order valence-electron chi connectivity index (χ1n) is 18.7. The van der Waals surface area contributed by atoms with Gasteiger partial charge < -0.3 is 4.90 Å². The van der Waals surface area contributed by atoms with Gasteiger partial charge in [0.25, 0.3) is 0 Å². The van der Waals surface area contributed by atoms with Crippen molar-refractivity contribution in [3.63, 3.8) is 0 Å². The van der Waals surface area contributed by atoms with E-state index in [-0.39, 0.29) is 0 Å². The highest BCUT2D eigenvalue weighted by atomic mass is 15.1. The molecule has 9 aromatic carbocycles. The number of anilines is 3. The third-order valence-electron chi connectivity index (χ3n) is 10.4. The van der Waals surface area contributed by atoms with Gasteiger partial charge in [0.1, 0.15) is 0 Å². The Morgan fingerprint density at radius 3 is 1.53 bits per heavy atom. The number of hydrogen-bond acceptors (Lipinski definition) is 3. The lowest BCUT2D eigenvalue weighted by molar-refractivity contribution is 1.30. The van der Waals surface area contributed by atoms with Gasteiger partial charge in [-0.2, -0.15) is 0 Å². The van der Waals surface area contributed by atoms with Crippen LogP contribution in [-0.2, 0) is 0 Å². The molecule has 0 saturated carbocycles. The number of hydrogen-bond donors (Lipinski definition) is 0. The normalized spacial score (nSPS) is 11.3. The van der Waals surface area contributed by atoms with E-state index in [9.17, 15) is 0 Å². The van der Waals surface area contributed by atoms with Crippen LogP contribution in [0, 0.1) is 0 Å². The molecule has 0 spiro atoms. The smallest absolute Gasteiger partial charge is 0.0973 e. The predicted molar refractivity (Wildman–Crippen MR) is 231 cm³/mol. The highest BCUT2D eigenvalue weighted by molar-refractivity contribution is 6.10. The van der Waals surface area contributed by atoms with Crippen molar-refractivity contribution in [2.45, 2.75) is 0 Å². The van der Waals surface area contributed by atoms with Crippen LogP contribution in [0.5, 0.6) is 0 Å². The molecule has 258 valence electrons. The fourth-order valence-corrected chi connectivity index (χ4v) is 7.78. The highest BCUT2D eigenvalue weighted by Crippen LogP contribution is 2.43. The first-order valence-corrected chi connectivity index (χ1v) is 18.7. The molecule has 0 atom stereocenters. The largest absolute Gasteiger partial charge is 0.310 e. The van der Waals surface area contributed by atoms with Crippen molar-refractivity contribution in [2.75, 3.05) is 4.90 Å². The van der Waals surface area contributed by atoms with Crippen LogP contribution in [0.4, 0.5) is 17.1 Å². The number of aromatic nitrogens is 2. The van der Waals surface area contributed by atoms with Crippen LogP contribution in [0.25, 0.3) is 77.3 Å². The molecular weight excluding hydrogens is 667 g/mol. The van der Waals surface area contributed by atoms with Gasteiger partial charge in [-0.1, -0.05) is 170 Å². The SMILES string of the molecule is c1ccc(-c2ccc(N(c3ccccc3)c3ccc(-c4ccc5c(ccc6nc(-c7ccccc7)c(-c7ccccc7)nc65)c4)c4ccccc34)cc2)cc1. The van der Waals surface area contributed by atoms with E-state index in [1.54, 1.807) is 0 Å². The van der Waals surface area contributed by atoms with E-state index in [4.69, 9.17) is 9.97 Å². The lowest BCUT2D eigenvalue weighted by Gasteiger charge is -2.27. The van der Waals surface area contributed by atoms with E-state index < -0.39 is 0 Å². The molecular formula is C52H35N3. The molecule has 0 radical (unpaired) electrons. The predicted octanol–water partition coefficient (Wildman–Crippen LogP) is 14.1. The van der Waals surface area contributed by atoms with Gasteiger partial charge in [-0.25, -0.2) is 9.97 Å².